The van der Waals surface area contributed by atoms with E-state index in [0.717, 1.165) is 6.42 Å². The Kier molecular flexibility index (Phi) is 4.04. The second-order valence-corrected chi connectivity index (χ2v) is 6.35. The van der Waals surface area contributed by atoms with Gasteiger partial charge < -0.3 is 14.4 Å². The Morgan fingerprint density at radius 1 is 1.59 bits per heavy atom. The fourth-order valence-corrected chi connectivity index (χ4v) is 3.15. The highest BCUT2D eigenvalue weighted by Gasteiger charge is 2.54. The van der Waals surface area contributed by atoms with Gasteiger partial charge in [0.2, 0.25) is 11.8 Å². The first-order valence-corrected chi connectivity index (χ1v) is 7.68. The minimum absolute atomic E-state index is 0.00364. The molecule has 2 aliphatic rings. The van der Waals surface area contributed by atoms with Crippen LogP contribution < -0.4 is 4.74 Å². The third-order valence-corrected chi connectivity index (χ3v) is 4.47. The molecule has 0 aliphatic carbocycles. The van der Waals surface area contributed by atoms with Crippen LogP contribution >= 0.6 is 0 Å². The third-order valence-electron chi connectivity index (χ3n) is 4.47. The Labute approximate surface area is 129 Å². The predicted molar refractivity (Wildman–Crippen MR) is 77.9 cm³/mol. The quantitative estimate of drug-likeness (QED) is 0.852. The molecule has 2 saturated heterocycles. The summed E-state index contributed by atoms with van der Waals surface area (Å²) in [4.78, 5) is 17.7. The first-order valence-electron chi connectivity index (χ1n) is 7.68. The molecule has 0 aromatic carbocycles. The van der Waals surface area contributed by atoms with Crippen LogP contribution in [-0.2, 0) is 9.53 Å². The number of ether oxygens (including phenoxy) is 2. The summed E-state index contributed by atoms with van der Waals surface area (Å²) in [5.74, 6) is -0.127. The van der Waals surface area contributed by atoms with Crippen LogP contribution in [0, 0.1) is 17.7 Å². The number of likely N-dealkylation sites (tertiary alicyclic amines) is 1. The van der Waals surface area contributed by atoms with E-state index in [1.165, 1.54) is 18.3 Å². The van der Waals surface area contributed by atoms with E-state index in [4.69, 9.17) is 9.47 Å². The van der Waals surface area contributed by atoms with Gasteiger partial charge in [0.1, 0.15) is 5.60 Å². The van der Waals surface area contributed by atoms with Gasteiger partial charge in [0.05, 0.1) is 19.7 Å². The maximum Gasteiger partial charge on any atom is 0.250 e. The molecule has 1 aromatic rings. The summed E-state index contributed by atoms with van der Waals surface area (Å²) in [5.41, 5.74) is -0.324. The summed E-state index contributed by atoms with van der Waals surface area (Å²) >= 11 is 0. The molecular weight excluding hydrogens is 287 g/mol. The van der Waals surface area contributed by atoms with Crippen molar-refractivity contribution in [3.8, 4) is 5.88 Å². The SMILES string of the molecule is CC(C)C(=O)N1CC2(C1)OCC[C@H]2COc1ncccc1F. The van der Waals surface area contributed by atoms with Gasteiger partial charge in [-0.05, 0) is 18.6 Å². The Hall–Kier alpha value is -1.69. The minimum atomic E-state index is -0.458. The monoisotopic (exact) mass is 308 g/mol. The first-order chi connectivity index (χ1) is 10.5. The van der Waals surface area contributed by atoms with E-state index in [-0.39, 0.29) is 29.2 Å². The van der Waals surface area contributed by atoms with E-state index in [2.05, 4.69) is 4.98 Å². The molecule has 1 spiro atoms. The van der Waals surface area contributed by atoms with E-state index in [0.29, 0.717) is 26.3 Å². The van der Waals surface area contributed by atoms with E-state index in [1.807, 2.05) is 18.7 Å². The van der Waals surface area contributed by atoms with Gasteiger partial charge in [-0.3, -0.25) is 4.79 Å². The van der Waals surface area contributed by atoms with Crippen LogP contribution in [0.2, 0.25) is 0 Å². The molecule has 1 amide bonds. The van der Waals surface area contributed by atoms with E-state index < -0.39 is 5.82 Å². The highest BCUT2D eigenvalue weighted by atomic mass is 19.1. The van der Waals surface area contributed by atoms with Crippen LogP contribution in [0.3, 0.4) is 0 Å². The van der Waals surface area contributed by atoms with Gasteiger partial charge in [-0.15, -0.1) is 0 Å². The molecule has 5 nitrogen and oxygen atoms in total. The molecule has 3 rings (SSSR count). The number of hydrogen-bond donors (Lipinski definition) is 0. The maximum absolute atomic E-state index is 13.5. The van der Waals surface area contributed by atoms with Crippen molar-refractivity contribution >= 4 is 5.91 Å². The topological polar surface area (TPSA) is 51.7 Å². The van der Waals surface area contributed by atoms with Gasteiger partial charge in [-0.2, -0.15) is 0 Å². The molecule has 0 saturated carbocycles. The molecule has 2 fully saturated rings. The number of carbonyl (C=O) groups excluding carboxylic acids is 1. The standard InChI is InChI=1S/C16H21FN2O3/c1-11(2)15(20)19-9-16(10-19)12(5-7-22-16)8-21-14-13(17)4-3-6-18-14/h3-4,6,11-12H,5,7-10H2,1-2H3/t12-/m0/s1. The van der Waals surface area contributed by atoms with Crippen molar-refractivity contribution in [2.24, 2.45) is 11.8 Å². The van der Waals surface area contributed by atoms with Gasteiger partial charge in [0.25, 0.3) is 0 Å². The van der Waals surface area contributed by atoms with Gasteiger partial charge in [0.15, 0.2) is 5.82 Å². The Morgan fingerprint density at radius 3 is 3.05 bits per heavy atom. The number of nitrogens with zero attached hydrogens (tertiary/aromatic N) is 2. The lowest BCUT2D eigenvalue weighted by atomic mass is 9.80. The summed E-state index contributed by atoms with van der Waals surface area (Å²) in [7, 11) is 0. The van der Waals surface area contributed by atoms with Crippen molar-refractivity contribution < 1.29 is 18.7 Å². The number of halogens is 1. The second-order valence-electron chi connectivity index (χ2n) is 6.35. The molecule has 22 heavy (non-hydrogen) atoms. The number of carbonyl (C=O) groups is 1. The highest BCUT2D eigenvalue weighted by Crippen LogP contribution is 2.40. The third kappa shape index (κ3) is 2.67. The Morgan fingerprint density at radius 2 is 2.36 bits per heavy atom. The van der Waals surface area contributed by atoms with Crippen molar-refractivity contribution in [1.82, 2.24) is 9.88 Å². The van der Waals surface area contributed by atoms with Crippen LogP contribution in [0.15, 0.2) is 18.3 Å². The number of amides is 1. The van der Waals surface area contributed by atoms with Gasteiger partial charge >= 0.3 is 0 Å². The molecule has 2 aliphatic heterocycles. The lowest BCUT2D eigenvalue weighted by Crippen LogP contribution is -2.67. The van der Waals surface area contributed by atoms with Crippen molar-refractivity contribution in [2.75, 3.05) is 26.3 Å². The average Bonchev–Trinajstić information content (AvgIpc) is 2.88. The summed E-state index contributed by atoms with van der Waals surface area (Å²) < 4.78 is 24.9. The van der Waals surface area contributed by atoms with E-state index in [9.17, 15) is 9.18 Å². The van der Waals surface area contributed by atoms with Crippen LogP contribution in [-0.4, -0.2) is 47.7 Å². The van der Waals surface area contributed by atoms with Gasteiger partial charge in [-0.1, -0.05) is 13.8 Å². The molecule has 3 heterocycles. The van der Waals surface area contributed by atoms with Crippen molar-refractivity contribution in [2.45, 2.75) is 25.9 Å². The largest absolute Gasteiger partial charge is 0.475 e. The molecular formula is C16H21FN2O3. The van der Waals surface area contributed by atoms with Crippen molar-refractivity contribution in [3.05, 3.63) is 24.1 Å². The summed E-state index contributed by atoms with van der Waals surface area (Å²) in [6.45, 7) is 6.01. The predicted octanol–water partition coefficient (Wildman–Crippen LogP) is 1.87. The van der Waals surface area contributed by atoms with E-state index >= 15 is 0 Å². The smallest absolute Gasteiger partial charge is 0.250 e. The van der Waals surface area contributed by atoms with Crippen LogP contribution in [0.1, 0.15) is 20.3 Å². The Bertz CT molecular complexity index is 558. The van der Waals surface area contributed by atoms with Crippen LogP contribution in [0.25, 0.3) is 0 Å². The summed E-state index contributed by atoms with van der Waals surface area (Å²) in [6, 6.07) is 2.86. The molecule has 1 atom stereocenters. The van der Waals surface area contributed by atoms with Gasteiger partial charge in [0, 0.05) is 24.6 Å². The molecule has 0 radical (unpaired) electrons. The minimum Gasteiger partial charge on any atom is -0.475 e. The van der Waals surface area contributed by atoms with Gasteiger partial charge in [-0.25, -0.2) is 9.37 Å². The van der Waals surface area contributed by atoms with Crippen LogP contribution in [0.5, 0.6) is 5.88 Å². The molecule has 120 valence electrons. The van der Waals surface area contributed by atoms with E-state index in [1.54, 1.807) is 0 Å². The normalized spacial score (nSPS) is 22.9. The number of aromatic nitrogens is 1. The molecule has 1 aromatic heterocycles. The maximum atomic E-state index is 13.5. The molecule has 0 N–H and O–H groups in total. The number of pyridine rings is 1. The molecule has 6 heteroatoms. The zero-order chi connectivity index (χ0) is 15.7. The molecule has 0 bridgehead atoms. The van der Waals surface area contributed by atoms with Crippen LogP contribution in [0.4, 0.5) is 4.39 Å². The fourth-order valence-electron chi connectivity index (χ4n) is 3.15. The zero-order valence-corrected chi connectivity index (χ0v) is 12.9. The molecule has 0 unspecified atom stereocenters. The Balaban J connectivity index is 1.59. The fraction of sp³-hybridized carbons (Fsp3) is 0.625. The number of hydrogen-bond acceptors (Lipinski definition) is 4. The second kappa shape index (κ2) is 5.83. The summed E-state index contributed by atoms with van der Waals surface area (Å²) in [6.07, 6.45) is 2.36. The summed E-state index contributed by atoms with van der Waals surface area (Å²) in [5, 5.41) is 0. The van der Waals surface area contributed by atoms with Crippen molar-refractivity contribution in [3.63, 3.8) is 0 Å². The highest BCUT2D eigenvalue weighted by molar-refractivity contribution is 5.79. The first kappa shape index (κ1) is 15.2. The van der Waals surface area contributed by atoms with Crippen molar-refractivity contribution in [1.29, 1.82) is 0 Å². The number of rotatable bonds is 4. The average molecular weight is 308 g/mol. The zero-order valence-electron chi connectivity index (χ0n) is 12.9. The lowest BCUT2D eigenvalue weighted by molar-refractivity contribution is -0.169. The lowest BCUT2D eigenvalue weighted by Gasteiger charge is -2.50.